The number of nitrogens with zero attached hydrogens (tertiary/aromatic N) is 2. The molecule has 1 saturated heterocycles. The minimum atomic E-state index is -0.0329. The number of aryl methyl sites for hydroxylation is 2. The molecular weight excluding hydrogens is 392 g/mol. The Kier molecular flexibility index (Phi) is 8.26. The van der Waals surface area contributed by atoms with Crippen LogP contribution in [0.15, 0.2) is 41.5 Å². The average Bonchev–Trinajstić information content (AvgIpc) is 3.22. The molecule has 2 aromatic rings. The van der Waals surface area contributed by atoms with Crippen LogP contribution >= 0.6 is 0 Å². The van der Waals surface area contributed by atoms with Crippen LogP contribution < -0.4 is 15.4 Å². The first-order valence-electron chi connectivity index (χ1n) is 10.9. The molecule has 1 atom stereocenters. The van der Waals surface area contributed by atoms with E-state index in [0.29, 0.717) is 19.0 Å². The third kappa shape index (κ3) is 6.67. The molecule has 0 bridgehead atoms. The third-order valence-electron chi connectivity index (χ3n) is 5.72. The maximum atomic E-state index is 9.43. The molecule has 1 aromatic carbocycles. The molecular formula is C24H34N4O3. The lowest BCUT2D eigenvalue weighted by Gasteiger charge is -2.27. The van der Waals surface area contributed by atoms with Crippen LogP contribution in [-0.4, -0.2) is 49.0 Å². The van der Waals surface area contributed by atoms with Gasteiger partial charge in [-0.05, 0) is 68.5 Å². The normalized spacial score (nSPS) is 18.8. The van der Waals surface area contributed by atoms with Crippen molar-refractivity contribution >= 4 is 5.96 Å². The van der Waals surface area contributed by atoms with Crippen molar-refractivity contribution in [2.24, 2.45) is 10.4 Å². The Balaban J connectivity index is 1.63. The molecule has 1 aliphatic rings. The van der Waals surface area contributed by atoms with E-state index in [9.17, 15) is 5.11 Å². The second-order valence-corrected chi connectivity index (χ2v) is 8.18. The molecule has 3 rings (SSSR count). The molecule has 0 radical (unpaired) electrons. The fraction of sp³-hybridized carbons (Fsp3) is 0.500. The topological polar surface area (TPSA) is 88.0 Å². The highest BCUT2D eigenvalue weighted by Gasteiger charge is 2.34. The van der Waals surface area contributed by atoms with Gasteiger partial charge in [-0.2, -0.15) is 0 Å². The molecule has 1 fully saturated rings. The lowest BCUT2D eigenvalue weighted by Crippen LogP contribution is -2.44. The Labute approximate surface area is 184 Å². The molecule has 0 aliphatic carbocycles. The number of aromatic nitrogens is 1. The SMILES string of the molecule is CCNC(=NCc1ccnc(Oc2ccc(C)c(C)c2)c1)NCC1(CCO)CCOC1. The highest BCUT2D eigenvalue weighted by atomic mass is 16.5. The van der Waals surface area contributed by atoms with Gasteiger partial charge in [0, 0.05) is 44.0 Å². The number of hydrogen-bond donors (Lipinski definition) is 3. The smallest absolute Gasteiger partial charge is 0.219 e. The molecule has 0 spiro atoms. The summed E-state index contributed by atoms with van der Waals surface area (Å²) in [6.07, 6.45) is 3.42. The zero-order chi connectivity index (χ0) is 22.1. The first-order chi connectivity index (χ1) is 15.0. The molecule has 1 aliphatic heterocycles. The predicted molar refractivity (Wildman–Crippen MR) is 123 cm³/mol. The van der Waals surface area contributed by atoms with E-state index in [-0.39, 0.29) is 12.0 Å². The second kappa shape index (κ2) is 11.1. The van der Waals surface area contributed by atoms with Gasteiger partial charge in [0.15, 0.2) is 5.96 Å². The van der Waals surface area contributed by atoms with Crippen molar-refractivity contribution in [3.63, 3.8) is 0 Å². The van der Waals surface area contributed by atoms with E-state index in [1.54, 1.807) is 6.20 Å². The highest BCUT2D eigenvalue weighted by Crippen LogP contribution is 2.31. The number of benzene rings is 1. The summed E-state index contributed by atoms with van der Waals surface area (Å²) in [5.41, 5.74) is 3.40. The van der Waals surface area contributed by atoms with Crippen LogP contribution in [0.5, 0.6) is 11.6 Å². The van der Waals surface area contributed by atoms with E-state index in [2.05, 4.69) is 29.5 Å². The second-order valence-electron chi connectivity index (χ2n) is 8.18. The summed E-state index contributed by atoms with van der Waals surface area (Å²) in [6.45, 7) is 9.77. The van der Waals surface area contributed by atoms with Crippen LogP contribution in [0.1, 0.15) is 36.5 Å². The zero-order valence-corrected chi connectivity index (χ0v) is 18.8. The summed E-state index contributed by atoms with van der Waals surface area (Å²) in [4.78, 5) is 9.05. The monoisotopic (exact) mass is 426 g/mol. The van der Waals surface area contributed by atoms with Gasteiger partial charge in [0.1, 0.15) is 5.75 Å². The molecule has 1 aromatic heterocycles. The fourth-order valence-electron chi connectivity index (χ4n) is 3.60. The molecule has 2 heterocycles. The number of rotatable bonds is 9. The van der Waals surface area contributed by atoms with Crippen LogP contribution in [-0.2, 0) is 11.3 Å². The average molecular weight is 427 g/mol. The fourth-order valence-corrected chi connectivity index (χ4v) is 3.60. The Hall–Kier alpha value is -2.64. The Morgan fingerprint density at radius 3 is 2.81 bits per heavy atom. The lowest BCUT2D eigenvalue weighted by molar-refractivity contribution is 0.127. The van der Waals surface area contributed by atoms with Crippen LogP contribution in [0.2, 0.25) is 0 Å². The van der Waals surface area contributed by atoms with E-state index in [0.717, 1.165) is 49.8 Å². The van der Waals surface area contributed by atoms with Crippen molar-refractivity contribution in [1.82, 2.24) is 15.6 Å². The highest BCUT2D eigenvalue weighted by molar-refractivity contribution is 5.79. The van der Waals surface area contributed by atoms with Gasteiger partial charge in [-0.25, -0.2) is 9.98 Å². The largest absolute Gasteiger partial charge is 0.439 e. The predicted octanol–water partition coefficient (Wildman–Crippen LogP) is 3.33. The lowest BCUT2D eigenvalue weighted by atomic mass is 9.84. The minimum Gasteiger partial charge on any atom is -0.439 e. The van der Waals surface area contributed by atoms with Gasteiger partial charge < -0.3 is 25.2 Å². The van der Waals surface area contributed by atoms with Gasteiger partial charge in [-0.1, -0.05) is 6.07 Å². The number of aliphatic hydroxyl groups excluding tert-OH is 1. The molecule has 168 valence electrons. The molecule has 0 saturated carbocycles. The van der Waals surface area contributed by atoms with Crippen molar-refractivity contribution < 1.29 is 14.6 Å². The zero-order valence-electron chi connectivity index (χ0n) is 18.8. The number of aliphatic imine (C=N–C) groups is 1. The first-order valence-corrected chi connectivity index (χ1v) is 10.9. The van der Waals surface area contributed by atoms with Crippen molar-refractivity contribution in [2.45, 2.75) is 40.2 Å². The number of aliphatic hydroxyl groups is 1. The van der Waals surface area contributed by atoms with E-state index >= 15 is 0 Å². The van der Waals surface area contributed by atoms with E-state index in [4.69, 9.17) is 14.5 Å². The molecule has 3 N–H and O–H groups in total. The summed E-state index contributed by atoms with van der Waals surface area (Å²) < 4.78 is 11.5. The van der Waals surface area contributed by atoms with Crippen LogP contribution in [0.4, 0.5) is 0 Å². The molecule has 0 amide bonds. The Bertz CT molecular complexity index is 879. The van der Waals surface area contributed by atoms with E-state index < -0.39 is 0 Å². The summed E-state index contributed by atoms with van der Waals surface area (Å²) in [7, 11) is 0. The summed E-state index contributed by atoms with van der Waals surface area (Å²) >= 11 is 0. The van der Waals surface area contributed by atoms with E-state index in [1.807, 2.05) is 37.3 Å². The van der Waals surface area contributed by atoms with Gasteiger partial charge in [0.2, 0.25) is 5.88 Å². The van der Waals surface area contributed by atoms with Gasteiger partial charge in [-0.3, -0.25) is 0 Å². The van der Waals surface area contributed by atoms with Gasteiger partial charge in [0.05, 0.1) is 13.2 Å². The quantitative estimate of drug-likeness (QED) is 0.421. The summed E-state index contributed by atoms with van der Waals surface area (Å²) in [5, 5.41) is 16.1. The first kappa shape index (κ1) is 23.0. The van der Waals surface area contributed by atoms with Crippen molar-refractivity contribution in [2.75, 3.05) is 32.9 Å². The van der Waals surface area contributed by atoms with Crippen molar-refractivity contribution in [3.8, 4) is 11.6 Å². The van der Waals surface area contributed by atoms with Gasteiger partial charge in [-0.15, -0.1) is 0 Å². The maximum Gasteiger partial charge on any atom is 0.219 e. The van der Waals surface area contributed by atoms with Gasteiger partial charge >= 0.3 is 0 Å². The molecule has 7 nitrogen and oxygen atoms in total. The van der Waals surface area contributed by atoms with Crippen molar-refractivity contribution in [1.29, 1.82) is 0 Å². The minimum absolute atomic E-state index is 0.0329. The number of pyridine rings is 1. The molecule has 1 unspecified atom stereocenters. The van der Waals surface area contributed by atoms with Crippen LogP contribution in [0, 0.1) is 19.3 Å². The Morgan fingerprint density at radius 2 is 2.10 bits per heavy atom. The van der Waals surface area contributed by atoms with Crippen LogP contribution in [0.25, 0.3) is 0 Å². The molecule has 7 heteroatoms. The Morgan fingerprint density at radius 1 is 1.23 bits per heavy atom. The molecule has 31 heavy (non-hydrogen) atoms. The maximum absolute atomic E-state index is 9.43. The summed E-state index contributed by atoms with van der Waals surface area (Å²) in [5.74, 6) is 2.08. The summed E-state index contributed by atoms with van der Waals surface area (Å²) in [6, 6.07) is 9.88. The number of nitrogens with one attached hydrogen (secondary N) is 2. The number of hydrogen-bond acceptors (Lipinski definition) is 5. The standard InChI is InChI=1S/C24H34N4O3/c1-4-25-23(28-16-24(8-11-29)9-12-30-17-24)27-15-20-7-10-26-22(14-20)31-21-6-5-18(2)19(3)13-21/h5-7,10,13-14,29H,4,8-9,11-12,15-17H2,1-3H3,(H2,25,27,28). The van der Waals surface area contributed by atoms with Crippen LogP contribution in [0.3, 0.4) is 0 Å². The van der Waals surface area contributed by atoms with Gasteiger partial charge in [0.25, 0.3) is 0 Å². The van der Waals surface area contributed by atoms with Crippen molar-refractivity contribution in [3.05, 3.63) is 53.2 Å². The number of ether oxygens (including phenoxy) is 2. The van der Waals surface area contributed by atoms with E-state index in [1.165, 1.54) is 11.1 Å². The third-order valence-corrected chi connectivity index (χ3v) is 5.72. The number of guanidine groups is 1.